The minimum atomic E-state index is -2.02. The van der Waals surface area contributed by atoms with Crippen LogP contribution in [0.4, 0.5) is 0 Å². The van der Waals surface area contributed by atoms with Crippen molar-refractivity contribution in [2.75, 3.05) is 46.9 Å². The van der Waals surface area contributed by atoms with Crippen molar-refractivity contribution in [1.82, 2.24) is 31.1 Å². The van der Waals surface area contributed by atoms with Crippen LogP contribution in [0.3, 0.4) is 0 Å². The number of likely N-dealkylation sites (tertiary alicyclic amines) is 1. The van der Waals surface area contributed by atoms with E-state index in [1.165, 1.54) is 67.2 Å². The van der Waals surface area contributed by atoms with Gasteiger partial charge in [-0.1, -0.05) is 59.8 Å². The van der Waals surface area contributed by atoms with Gasteiger partial charge in [-0.15, -0.1) is 0 Å². The van der Waals surface area contributed by atoms with Crippen molar-refractivity contribution in [2.24, 2.45) is 35.3 Å². The number of amides is 3. The quantitative estimate of drug-likeness (QED) is 0.147. The normalized spacial score (nSPS) is 30.9. The van der Waals surface area contributed by atoms with Crippen molar-refractivity contribution in [3.63, 3.8) is 0 Å². The number of esters is 2. The lowest BCUT2D eigenvalue weighted by atomic mass is 9.78. The van der Waals surface area contributed by atoms with Crippen LogP contribution in [0.15, 0.2) is 47.5 Å². The van der Waals surface area contributed by atoms with E-state index in [0.717, 1.165) is 11.4 Å². The summed E-state index contributed by atoms with van der Waals surface area (Å²) >= 11 is 0. The van der Waals surface area contributed by atoms with Crippen LogP contribution in [0.5, 0.6) is 11.5 Å². The van der Waals surface area contributed by atoms with Gasteiger partial charge in [-0.25, -0.2) is 0 Å². The molecule has 2 saturated heterocycles. The fourth-order valence-corrected chi connectivity index (χ4v) is 10.9. The number of ketones is 2. The molecule has 77 heavy (non-hydrogen) atoms. The number of hydrogen-bond donors (Lipinski definition) is 8. The highest BCUT2D eigenvalue weighted by molar-refractivity contribution is 6.19. The Morgan fingerprint density at radius 2 is 1.64 bits per heavy atom. The molecule has 22 heteroatoms. The summed E-state index contributed by atoms with van der Waals surface area (Å²) in [6.07, 6.45) is 3.09. The second-order valence-electron chi connectivity index (χ2n) is 22.0. The number of aliphatic hydroxyl groups is 2. The van der Waals surface area contributed by atoms with Gasteiger partial charge in [-0.2, -0.15) is 0 Å². The number of carbonyl (C=O) groups excluding carboxylic acids is 7. The number of Topliss-reactive ketones (excluding diaryl/α,β-unsaturated/α-hetero) is 2. The van der Waals surface area contributed by atoms with E-state index in [1.807, 2.05) is 0 Å². The fraction of sp³-hybridized carbons (Fsp3) is 0.618. The molecular weight excluding hydrogens is 999 g/mol. The molecule has 3 amide bonds. The van der Waals surface area contributed by atoms with Crippen molar-refractivity contribution in [3.05, 3.63) is 69.8 Å². The van der Waals surface area contributed by atoms with Gasteiger partial charge in [0.05, 0.1) is 59.6 Å². The highest BCUT2D eigenvalue weighted by Crippen LogP contribution is 2.53. The summed E-state index contributed by atoms with van der Waals surface area (Å²) in [5, 5.41) is 46.3. The Morgan fingerprint density at radius 1 is 0.987 bits per heavy atom. The number of nitrogens with two attached hydrogens (primary N) is 1. The number of phenolic OH excluding ortho intramolecular Hbond substituents is 1. The Kier molecular flexibility index (Phi) is 18.9. The first-order valence-electron chi connectivity index (χ1n) is 26.3. The van der Waals surface area contributed by atoms with E-state index in [9.17, 15) is 48.9 Å². The van der Waals surface area contributed by atoms with Gasteiger partial charge in [0.15, 0.2) is 0 Å². The van der Waals surface area contributed by atoms with Crippen molar-refractivity contribution in [2.45, 2.75) is 143 Å². The Bertz CT molecular complexity index is 2600. The highest BCUT2D eigenvalue weighted by Gasteiger charge is 2.56. The molecule has 1 spiro atoms. The first kappa shape index (κ1) is 60.1. The average molecular weight is 1080 g/mol. The van der Waals surface area contributed by atoms with Gasteiger partial charge in [0.1, 0.15) is 42.0 Å². The zero-order valence-corrected chi connectivity index (χ0v) is 46.5. The van der Waals surface area contributed by atoms with Crippen LogP contribution in [0.2, 0.25) is 0 Å². The van der Waals surface area contributed by atoms with Crippen LogP contribution in [0.25, 0.3) is 0 Å². The minimum Gasteiger partial charge on any atom is -0.507 e. The van der Waals surface area contributed by atoms with Gasteiger partial charge < -0.3 is 70.5 Å². The molecule has 1 aliphatic carbocycles. The van der Waals surface area contributed by atoms with Gasteiger partial charge in [0.2, 0.25) is 17.6 Å². The van der Waals surface area contributed by atoms with E-state index in [0.29, 0.717) is 37.5 Å². The summed E-state index contributed by atoms with van der Waals surface area (Å²) in [6.45, 7) is 19.3. The summed E-state index contributed by atoms with van der Waals surface area (Å²) < 4.78 is 30.3. The van der Waals surface area contributed by atoms with Gasteiger partial charge in [-0.05, 0) is 45.6 Å². The van der Waals surface area contributed by atoms with Crippen molar-refractivity contribution >= 4 is 41.2 Å². The molecule has 1 unspecified atom stereocenters. The molecule has 0 saturated carbocycles. The molecule has 6 rings (SSSR count). The van der Waals surface area contributed by atoms with E-state index in [-0.39, 0.29) is 39.3 Å². The number of hydrogen-bond acceptors (Lipinski definition) is 19. The molecular formula is C55H79N7O15. The van der Waals surface area contributed by atoms with E-state index < -0.39 is 138 Å². The number of ether oxygens (including phenoxy) is 5. The largest absolute Gasteiger partial charge is 0.507 e. The predicted octanol–water partition coefficient (Wildman–Crippen LogP) is 2.29. The third-order valence-electron chi connectivity index (χ3n) is 15.5. The molecule has 12 atom stereocenters. The summed E-state index contributed by atoms with van der Waals surface area (Å²) in [6, 6.07) is -2.18. The lowest BCUT2D eigenvalue weighted by Crippen LogP contribution is -2.56. The number of phenols is 1. The number of aromatic hydroxyl groups is 1. The Balaban J connectivity index is 1.41. The van der Waals surface area contributed by atoms with Crippen molar-refractivity contribution in [3.8, 4) is 11.5 Å². The van der Waals surface area contributed by atoms with Crippen LogP contribution < -0.4 is 31.7 Å². The smallest absolute Gasteiger partial charge is 0.325 e. The molecule has 1 aromatic rings. The Labute approximate surface area is 450 Å². The molecule has 0 radical (unpaired) electrons. The van der Waals surface area contributed by atoms with Gasteiger partial charge in [-0.3, -0.25) is 38.9 Å². The number of nitrogens with zero attached hydrogens (tertiary/aromatic N) is 2. The molecule has 4 aliphatic heterocycles. The zero-order valence-electron chi connectivity index (χ0n) is 46.5. The van der Waals surface area contributed by atoms with Crippen LogP contribution in [0.1, 0.15) is 120 Å². The number of likely N-dealkylation sites (N-methyl/N-ethyl adjacent to an activating group) is 1. The summed E-state index contributed by atoms with van der Waals surface area (Å²) in [5.74, 6) is -10.1. The maximum Gasteiger partial charge on any atom is 0.325 e. The van der Waals surface area contributed by atoms with E-state index in [1.54, 1.807) is 39.8 Å². The standard InChI is InChI=1S/C55H79N7O15/c1-26(2)24-62-20-18-55(19-21-62)59-42-38-39-46(68)32(8)50-40(38)51(70)54(11,77-50)74-22-17-35(73-13)29(5)49(75-34(10)64)31(7)45(67)30(6)48(76-37(66)25-61(12)36(65)23-57-53(72)41(56)33(9)63)27(3)15-14-16-28(4)52(71)58-44(47(39)69)43(42)60-55/h14-17,22,26-27,29-31,33,35,41-42,45,48-49,59-60,63,67-68H,18-21,23-25,56H2,1-13H3,(H,57,72)(H,58,71)/b15-14+,22-17+,28-16-/t27-,29+,30-,31+,33-,35-,41-,42?,45+,48-,49+,54-/m0/s1. The number of piperidine rings is 1. The van der Waals surface area contributed by atoms with E-state index in [4.69, 9.17) is 29.4 Å². The molecule has 5 aliphatic rings. The lowest BCUT2D eigenvalue weighted by molar-refractivity contribution is -0.166. The number of benzene rings is 1. The van der Waals surface area contributed by atoms with Gasteiger partial charge in [0, 0.05) is 88.0 Å². The predicted molar refractivity (Wildman–Crippen MR) is 280 cm³/mol. The molecule has 5 bridgehead atoms. The zero-order chi connectivity index (χ0) is 57.2. The van der Waals surface area contributed by atoms with E-state index >= 15 is 0 Å². The number of carbonyl (C=O) groups is 7. The summed E-state index contributed by atoms with van der Waals surface area (Å²) in [7, 11) is 2.75. The summed E-state index contributed by atoms with van der Waals surface area (Å²) in [5.41, 5.74) is 5.40. The van der Waals surface area contributed by atoms with Gasteiger partial charge >= 0.3 is 17.7 Å². The number of rotatable bonds is 11. The number of methoxy groups -OCH3 is 1. The maximum absolute atomic E-state index is 15.0. The van der Waals surface area contributed by atoms with Crippen LogP contribution >= 0.6 is 0 Å². The van der Waals surface area contributed by atoms with Crippen LogP contribution in [-0.2, 0) is 42.9 Å². The average Bonchev–Trinajstić information content (AvgIpc) is 3.90. The molecule has 0 aromatic heterocycles. The van der Waals surface area contributed by atoms with Crippen LogP contribution in [-0.4, -0.2) is 161 Å². The molecule has 424 valence electrons. The SMILES string of the molecule is CO[C@H]1/C=C/O[C@@]2(C)Oc3c(C)c(O)c4c(c3C2=O)C2NC3(CCN(CC(C)C)CC3)NC2=C(NC(=O)/C(C)=C\C=C\[C@H](C)[C@H](OC(=O)CN(C)C(=O)CNC(=O)[C@@H](N)[C@H](C)O)[C@@H](C)[C@@H](O)[C@@H](C)[C@H](OC(C)=O)[C@@H]1C)C4=O. The molecule has 1 aromatic carbocycles. The number of aliphatic hydroxyl groups excluding tert-OH is 2. The molecule has 22 nitrogen and oxygen atoms in total. The minimum absolute atomic E-state index is 0.0234. The highest BCUT2D eigenvalue weighted by atomic mass is 16.7. The Morgan fingerprint density at radius 3 is 2.25 bits per heavy atom. The second kappa shape index (κ2) is 24.2. The molecule has 2 fully saturated rings. The lowest BCUT2D eigenvalue weighted by Gasteiger charge is -2.40. The summed E-state index contributed by atoms with van der Waals surface area (Å²) in [4.78, 5) is 99.3. The van der Waals surface area contributed by atoms with Crippen molar-refractivity contribution in [1.29, 1.82) is 0 Å². The maximum atomic E-state index is 15.0. The van der Waals surface area contributed by atoms with E-state index in [2.05, 4.69) is 40.0 Å². The fourth-order valence-electron chi connectivity index (χ4n) is 10.9. The molecule has 9 N–H and O–H groups in total. The third-order valence-corrected chi connectivity index (χ3v) is 15.5. The second-order valence-corrected chi connectivity index (χ2v) is 22.0. The monoisotopic (exact) mass is 1080 g/mol. The number of allylic oxidation sites excluding steroid dienone is 3. The third kappa shape index (κ3) is 12.7. The number of nitrogens with one attached hydrogen (secondary N) is 4. The van der Waals surface area contributed by atoms with Crippen molar-refractivity contribution < 1.29 is 72.6 Å². The van der Waals surface area contributed by atoms with Crippen LogP contribution in [0, 0.1) is 36.5 Å². The topological polar surface area (TPSA) is 307 Å². The Hall–Kier alpha value is -6.17. The first-order valence-corrected chi connectivity index (χ1v) is 26.3. The van der Waals surface area contributed by atoms with Gasteiger partial charge in [0.25, 0.3) is 11.7 Å². The first-order chi connectivity index (χ1) is 36.1. The number of fused-ring (bicyclic) bond motifs is 3. The molecule has 4 heterocycles.